The highest BCUT2D eigenvalue weighted by molar-refractivity contribution is 6.03. The minimum atomic E-state index is -1.02. The standard InChI is InChI=1S/C16H18N4O8/c1-18(2)16(25)28-5-4-19(3)15(24)10(8-17)13(22)9-6-11(20(26)27)14(23)12(21)7-9/h6-7,21-23H,4-5H2,1-3H3/b13-10-. The molecule has 0 saturated carbocycles. The first kappa shape index (κ1) is 22.0. The summed E-state index contributed by atoms with van der Waals surface area (Å²) in [6, 6.07) is 2.96. The lowest BCUT2D eigenvalue weighted by atomic mass is 10.1. The van der Waals surface area contributed by atoms with E-state index in [-0.39, 0.29) is 13.2 Å². The van der Waals surface area contributed by atoms with Gasteiger partial charge in [0.2, 0.25) is 5.75 Å². The number of aliphatic hydroxyl groups is 1. The van der Waals surface area contributed by atoms with Gasteiger partial charge in [0.1, 0.15) is 18.4 Å². The van der Waals surface area contributed by atoms with Crippen LogP contribution < -0.4 is 0 Å². The van der Waals surface area contributed by atoms with Crippen molar-refractivity contribution in [2.45, 2.75) is 0 Å². The Labute approximate surface area is 159 Å². The van der Waals surface area contributed by atoms with Crippen molar-refractivity contribution in [1.29, 1.82) is 5.26 Å². The van der Waals surface area contributed by atoms with Crippen LogP contribution in [-0.4, -0.2) is 76.3 Å². The van der Waals surface area contributed by atoms with Crippen LogP contribution in [0.5, 0.6) is 11.5 Å². The average Bonchev–Trinajstić information content (AvgIpc) is 2.63. The summed E-state index contributed by atoms with van der Waals surface area (Å²) < 4.78 is 4.85. The summed E-state index contributed by atoms with van der Waals surface area (Å²) in [5.41, 5.74) is -2.10. The van der Waals surface area contributed by atoms with Crippen molar-refractivity contribution in [3.05, 3.63) is 33.4 Å². The highest BCUT2D eigenvalue weighted by atomic mass is 16.6. The van der Waals surface area contributed by atoms with Gasteiger partial charge in [0.05, 0.1) is 11.5 Å². The van der Waals surface area contributed by atoms with Gasteiger partial charge in [-0.05, 0) is 6.07 Å². The Morgan fingerprint density at radius 3 is 2.39 bits per heavy atom. The predicted molar refractivity (Wildman–Crippen MR) is 94.3 cm³/mol. The Morgan fingerprint density at radius 1 is 1.29 bits per heavy atom. The van der Waals surface area contributed by atoms with Gasteiger partial charge in [-0.15, -0.1) is 0 Å². The first-order valence-electron chi connectivity index (χ1n) is 7.64. The normalized spacial score (nSPS) is 11.1. The lowest BCUT2D eigenvalue weighted by molar-refractivity contribution is -0.386. The molecule has 3 N–H and O–H groups in total. The zero-order chi connectivity index (χ0) is 21.6. The number of aliphatic hydroxyl groups excluding tert-OH is 1. The van der Waals surface area contributed by atoms with Crippen LogP contribution in [0.2, 0.25) is 0 Å². The number of nitriles is 1. The Balaban J connectivity index is 3.12. The molecule has 0 atom stereocenters. The van der Waals surface area contributed by atoms with Gasteiger partial charge in [-0.25, -0.2) is 4.79 Å². The molecule has 1 aromatic rings. The summed E-state index contributed by atoms with van der Waals surface area (Å²) in [5.74, 6) is -3.81. The van der Waals surface area contributed by atoms with E-state index in [0.717, 1.165) is 11.0 Å². The number of hydrogen-bond donors (Lipinski definition) is 3. The smallest absolute Gasteiger partial charge is 0.409 e. The number of nitrogens with zero attached hydrogens (tertiary/aromatic N) is 4. The second-order valence-corrected chi connectivity index (χ2v) is 5.69. The second-order valence-electron chi connectivity index (χ2n) is 5.69. The van der Waals surface area contributed by atoms with Crippen molar-refractivity contribution < 1.29 is 34.6 Å². The first-order chi connectivity index (χ1) is 13.0. The van der Waals surface area contributed by atoms with Crippen LogP contribution in [0.3, 0.4) is 0 Å². The maximum Gasteiger partial charge on any atom is 0.409 e. The average molecular weight is 394 g/mol. The molecule has 0 aromatic heterocycles. The summed E-state index contributed by atoms with van der Waals surface area (Å²) in [6.07, 6.45) is -0.633. The van der Waals surface area contributed by atoms with E-state index in [1.54, 1.807) is 0 Å². The van der Waals surface area contributed by atoms with Gasteiger partial charge in [0.15, 0.2) is 11.3 Å². The molecule has 12 heteroatoms. The fraction of sp³-hybridized carbons (Fsp3) is 0.312. The summed E-state index contributed by atoms with van der Waals surface area (Å²) in [5, 5.41) is 49.4. The number of amides is 2. The summed E-state index contributed by atoms with van der Waals surface area (Å²) in [4.78, 5) is 35.7. The van der Waals surface area contributed by atoms with Crippen molar-refractivity contribution in [3.8, 4) is 17.6 Å². The lowest BCUT2D eigenvalue weighted by Gasteiger charge is -2.18. The molecule has 1 aromatic carbocycles. The number of phenolic OH excluding ortho intramolecular Hbond substituents is 2. The summed E-state index contributed by atoms with van der Waals surface area (Å²) in [7, 11) is 4.23. The van der Waals surface area contributed by atoms with Crippen molar-refractivity contribution in [3.63, 3.8) is 0 Å². The van der Waals surface area contributed by atoms with Crippen LogP contribution in [0.1, 0.15) is 5.56 Å². The molecule has 0 spiro atoms. The maximum absolute atomic E-state index is 12.4. The third-order valence-corrected chi connectivity index (χ3v) is 3.47. The van der Waals surface area contributed by atoms with Crippen LogP contribution >= 0.6 is 0 Å². The minimum absolute atomic E-state index is 0.0994. The van der Waals surface area contributed by atoms with E-state index in [9.17, 15) is 40.3 Å². The number of benzene rings is 1. The number of nitro groups is 1. The zero-order valence-electron chi connectivity index (χ0n) is 15.2. The van der Waals surface area contributed by atoms with Gasteiger partial charge >= 0.3 is 11.8 Å². The Kier molecular flexibility index (Phi) is 7.14. The lowest BCUT2D eigenvalue weighted by Crippen LogP contribution is -2.33. The number of carbonyl (C=O) groups is 2. The molecule has 0 aliphatic carbocycles. The molecule has 2 amide bonds. The molecule has 12 nitrogen and oxygen atoms in total. The van der Waals surface area contributed by atoms with Crippen LogP contribution in [0.15, 0.2) is 17.7 Å². The number of ether oxygens (including phenoxy) is 1. The summed E-state index contributed by atoms with van der Waals surface area (Å²) in [6.45, 7) is -0.276. The molecule has 0 radical (unpaired) electrons. The van der Waals surface area contributed by atoms with Gasteiger partial charge in [-0.1, -0.05) is 0 Å². The maximum atomic E-state index is 12.4. The molecule has 0 unspecified atom stereocenters. The van der Waals surface area contributed by atoms with Crippen molar-refractivity contribution in [1.82, 2.24) is 9.80 Å². The van der Waals surface area contributed by atoms with E-state index in [4.69, 9.17) is 4.74 Å². The van der Waals surface area contributed by atoms with E-state index in [1.165, 1.54) is 32.1 Å². The minimum Gasteiger partial charge on any atom is -0.506 e. The number of hydrogen-bond acceptors (Lipinski definition) is 9. The number of nitro benzene ring substituents is 1. The molecule has 1 rings (SSSR count). The molecular formula is C16H18N4O8. The van der Waals surface area contributed by atoms with Crippen molar-refractivity contribution in [2.75, 3.05) is 34.3 Å². The Hall–Kier alpha value is -4.01. The van der Waals surface area contributed by atoms with Crippen molar-refractivity contribution >= 4 is 23.4 Å². The zero-order valence-corrected chi connectivity index (χ0v) is 15.2. The number of likely N-dealkylation sites (N-methyl/N-ethyl adjacent to an activating group) is 1. The topological polar surface area (TPSA) is 177 Å². The molecule has 0 bridgehead atoms. The molecule has 28 heavy (non-hydrogen) atoms. The molecule has 0 aliphatic rings. The highest BCUT2D eigenvalue weighted by Crippen LogP contribution is 2.38. The first-order valence-corrected chi connectivity index (χ1v) is 7.64. The Morgan fingerprint density at radius 2 is 1.89 bits per heavy atom. The molecule has 0 aliphatic heterocycles. The molecule has 0 fully saturated rings. The van der Waals surface area contributed by atoms with Gasteiger partial charge in [0.25, 0.3) is 5.91 Å². The van der Waals surface area contributed by atoms with Crippen LogP contribution in [-0.2, 0) is 9.53 Å². The van der Waals surface area contributed by atoms with Gasteiger partial charge in [-0.2, -0.15) is 5.26 Å². The fourth-order valence-electron chi connectivity index (χ4n) is 1.92. The van der Waals surface area contributed by atoms with E-state index in [2.05, 4.69) is 0 Å². The monoisotopic (exact) mass is 394 g/mol. The van der Waals surface area contributed by atoms with E-state index < -0.39 is 51.0 Å². The van der Waals surface area contributed by atoms with E-state index in [1.807, 2.05) is 0 Å². The number of rotatable bonds is 6. The quantitative estimate of drug-likeness (QED) is 0.158. The summed E-state index contributed by atoms with van der Waals surface area (Å²) >= 11 is 0. The molecular weight excluding hydrogens is 376 g/mol. The molecule has 150 valence electrons. The third-order valence-electron chi connectivity index (χ3n) is 3.47. The number of carbonyl (C=O) groups excluding carboxylic acids is 2. The SMILES string of the molecule is CN(C)C(=O)OCCN(C)C(=O)/C(C#N)=C(\O)c1cc(O)c(O)c([N+](=O)[O-])c1. The van der Waals surface area contributed by atoms with Gasteiger partial charge in [-0.3, -0.25) is 14.9 Å². The van der Waals surface area contributed by atoms with Gasteiger partial charge in [0, 0.05) is 32.8 Å². The van der Waals surface area contributed by atoms with E-state index in [0.29, 0.717) is 6.07 Å². The highest BCUT2D eigenvalue weighted by Gasteiger charge is 2.25. The van der Waals surface area contributed by atoms with Crippen LogP contribution in [0.4, 0.5) is 10.5 Å². The molecule has 0 heterocycles. The largest absolute Gasteiger partial charge is 0.506 e. The second kappa shape index (κ2) is 9.08. The van der Waals surface area contributed by atoms with Crippen molar-refractivity contribution in [2.24, 2.45) is 0 Å². The van der Waals surface area contributed by atoms with Crippen LogP contribution in [0, 0.1) is 21.4 Å². The predicted octanol–water partition coefficient (Wildman–Crippen LogP) is 0.955. The fourth-order valence-corrected chi connectivity index (χ4v) is 1.92. The third kappa shape index (κ3) is 5.01. The van der Waals surface area contributed by atoms with Crippen LogP contribution in [0.25, 0.3) is 5.76 Å². The van der Waals surface area contributed by atoms with Gasteiger partial charge < -0.3 is 29.9 Å². The number of phenols is 2. The van der Waals surface area contributed by atoms with E-state index >= 15 is 0 Å². The molecule has 0 saturated heterocycles. The number of aromatic hydroxyl groups is 2. The Bertz CT molecular complexity index is 872.